The van der Waals surface area contributed by atoms with E-state index in [9.17, 15) is 20.1 Å². The van der Waals surface area contributed by atoms with Crippen LogP contribution in [0.25, 0.3) is 0 Å². The molecule has 0 aromatic heterocycles. The topological polar surface area (TPSA) is 105 Å². The van der Waals surface area contributed by atoms with Crippen molar-refractivity contribution in [3.63, 3.8) is 0 Å². The summed E-state index contributed by atoms with van der Waals surface area (Å²) in [5.41, 5.74) is 2.06. The van der Waals surface area contributed by atoms with Crippen LogP contribution in [0, 0.1) is 52.3 Å². The summed E-state index contributed by atoms with van der Waals surface area (Å²) in [4.78, 5) is 12.5. The molecule has 14 atom stereocenters. The number of aliphatic hydroxyl groups is 3. The lowest BCUT2D eigenvalue weighted by Crippen LogP contribution is -2.60. The molecule has 3 saturated carbocycles. The van der Waals surface area contributed by atoms with Crippen LogP contribution in [0.15, 0.2) is 23.8 Å². The molecule has 53 heavy (non-hydrogen) atoms. The second-order valence-corrected chi connectivity index (χ2v) is 19.1. The maximum absolute atomic E-state index is 12.5. The van der Waals surface area contributed by atoms with Crippen molar-refractivity contribution in [1.82, 2.24) is 0 Å². The summed E-state index contributed by atoms with van der Waals surface area (Å²) in [6.07, 6.45) is 21.2. The van der Waals surface area contributed by atoms with E-state index in [2.05, 4.69) is 66.7 Å². The van der Waals surface area contributed by atoms with Crippen LogP contribution in [0.3, 0.4) is 0 Å². The minimum atomic E-state index is -1.44. The van der Waals surface area contributed by atoms with E-state index < -0.39 is 30.7 Å². The Hall–Kier alpha value is -1.25. The Kier molecular flexibility index (Phi) is 15.6. The largest absolute Gasteiger partial charge is 0.463 e. The number of aliphatic hydroxyl groups excluding tert-OH is 3. The van der Waals surface area contributed by atoms with Gasteiger partial charge in [-0.1, -0.05) is 124 Å². The van der Waals surface area contributed by atoms with Crippen LogP contribution in [0.5, 0.6) is 0 Å². The highest BCUT2D eigenvalue weighted by Crippen LogP contribution is 2.67. The van der Waals surface area contributed by atoms with Crippen molar-refractivity contribution in [3.8, 4) is 0 Å². The van der Waals surface area contributed by atoms with Gasteiger partial charge < -0.3 is 29.5 Å². The molecule has 4 aliphatic carbocycles. The zero-order valence-corrected chi connectivity index (χ0v) is 34.6. The van der Waals surface area contributed by atoms with Gasteiger partial charge in [-0.3, -0.25) is 4.79 Å². The molecule has 14 unspecified atom stereocenters. The Balaban J connectivity index is 1.11. The summed E-state index contributed by atoms with van der Waals surface area (Å²) in [5.74, 6) is 4.56. The van der Waals surface area contributed by atoms with E-state index in [1.165, 1.54) is 69.8 Å². The number of unbranched alkanes of at least 4 members (excludes halogenated alkanes) is 8. The van der Waals surface area contributed by atoms with Crippen LogP contribution in [0.4, 0.5) is 0 Å². The summed E-state index contributed by atoms with van der Waals surface area (Å²) in [5, 5.41) is 32.3. The normalized spacial score (nSPS) is 39.6. The third-order valence-corrected chi connectivity index (χ3v) is 15.4. The average Bonchev–Trinajstić information content (AvgIpc) is 3.50. The van der Waals surface area contributed by atoms with Gasteiger partial charge in [0.25, 0.3) is 0 Å². The molecule has 7 nitrogen and oxygen atoms in total. The van der Waals surface area contributed by atoms with Gasteiger partial charge in [0.05, 0.1) is 6.10 Å². The summed E-state index contributed by atoms with van der Waals surface area (Å²) in [6.45, 7) is 16.6. The first-order valence-electron chi connectivity index (χ1n) is 22.2. The molecule has 7 heteroatoms. The third-order valence-electron chi connectivity index (χ3n) is 15.4. The fourth-order valence-electron chi connectivity index (χ4n) is 11.5. The fraction of sp³-hybridized carbons (Fsp3) is 0.891. The molecule has 1 aliphatic heterocycles. The highest BCUT2D eigenvalue weighted by atomic mass is 16.7. The molecule has 3 N–H and O–H groups in total. The minimum Gasteiger partial charge on any atom is -0.463 e. The SMILES string of the molecule is CCCCCCCCCCCC(=O)OCC1OC(OC2CCC3(C)C(=CCC4C3CCC3(C)C(C(C)/C=C/C(C)C(C)C)CCC43)C2)C(O)C(O)C1O. The van der Waals surface area contributed by atoms with Gasteiger partial charge in [0.15, 0.2) is 6.29 Å². The second kappa shape index (κ2) is 19.3. The predicted octanol–water partition coefficient (Wildman–Crippen LogP) is 9.71. The zero-order chi connectivity index (χ0) is 38.3. The first-order valence-corrected chi connectivity index (χ1v) is 22.2. The maximum atomic E-state index is 12.5. The van der Waals surface area contributed by atoms with E-state index in [4.69, 9.17) is 14.2 Å². The van der Waals surface area contributed by atoms with Crippen molar-refractivity contribution in [2.75, 3.05) is 6.61 Å². The van der Waals surface area contributed by atoms with Crippen LogP contribution < -0.4 is 0 Å². The first-order chi connectivity index (χ1) is 25.3. The van der Waals surface area contributed by atoms with Crippen molar-refractivity contribution in [2.24, 2.45) is 52.3 Å². The van der Waals surface area contributed by atoms with Crippen molar-refractivity contribution < 1.29 is 34.3 Å². The van der Waals surface area contributed by atoms with Crippen molar-refractivity contribution in [3.05, 3.63) is 23.8 Å². The molecule has 5 rings (SSSR count). The second-order valence-electron chi connectivity index (χ2n) is 19.1. The molecule has 4 fully saturated rings. The van der Waals surface area contributed by atoms with Crippen LogP contribution >= 0.6 is 0 Å². The van der Waals surface area contributed by atoms with Gasteiger partial charge in [-0.05, 0) is 110 Å². The number of ether oxygens (including phenoxy) is 3. The molecule has 0 aromatic rings. The van der Waals surface area contributed by atoms with Crippen LogP contribution in [-0.2, 0) is 19.0 Å². The number of hydrogen-bond acceptors (Lipinski definition) is 7. The van der Waals surface area contributed by atoms with Gasteiger partial charge >= 0.3 is 5.97 Å². The van der Waals surface area contributed by atoms with Gasteiger partial charge in [0.1, 0.15) is 31.0 Å². The van der Waals surface area contributed by atoms with Crippen molar-refractivity contribution in [2.45, 2.75) is 201 Å². The lowest BCUT2D eigenvalue weighted by Gasteiger charge is -2.58. The highest BCUT2D eigenvalue weighted by molar-refractivity contribution is 5.69. The Bertz CT molecular complexity index is 1210. The smallest absolute Gasteiger partial charge is 0.305 e. The lowest BCUT2D eigenvalue weighted by molar-refractivity contribution is -0.313. The van der Waals surface area contributed by atoms with Gasteiger partial charge in [-0.15, -0.1) is 0 Å². The van der Waals surface area contributed by atoms with Crippen molar-refractivity contribution in [1.29, 1.82) is 0 Å². The average molecular weight is 743 g/mol. The Morgan fingerprint density at radius 3 is 2.26 bits per heavy atom. The van der Waals surface area contributed by atoms with E-state index in [1.807, 2.05) is 0 Å². The number of carbonyl (C=O) groups excluding carboxylic acids is 1. The molecular weight excluding hydrogens is 664 g/mol. The van der Waals surface area contributed by atoms with E-state index in [0.29, 0.717) is 35.5 Å². The van der Waals surface area contributed by atoms with Crippen LogP contribution in [-0.4, -0.2) is 64.7 Å². The summed E-state index contributed by atoms with van der Waals surface area (Å²) < 4.78 is 17.9. The fourth-order valence-corrected chi connectivity index (χ4v) is 11.5. The number of hydrogen-bond donors (Lipinski definition) is 3. The van der Waals surface area contributed by atoms with Gasteiger partial charge in [-0.25, -0.2) is 0 Å². The third kappa shape index (κ3) is 10.0. The number of carbonyl (C=O) groups is 1. The molecule has 5 aliphatic rings. The molecule has 0 spiro atoms. The lowest BCUT2D eigenvalue weighted by atomic mass is 9.47. The van der Waals surface area contributed by atoms with E-state index in [0.717, 1.165) is 62.7 Å². The minimum absolute atomic E-state index is 0.145. The zero-order valence-electron chi connectivity index (χ0n) is 34.6. The summed E-state index contributed by atoms with van der Waals surface area (Å²) >= 11 is 0. The predicted molar refractivity (Wildman–Crippen MR) is 212 cm³/mol. The monoisotopic (exact) mass is 743 g/mol. The molecule has 1 heterocycles. The Morgan fingerprint density at radius 1 is 0.868 bits per heavy atom. The molecule has 0 radical (unpaired) electrons. The van der Waals surface area contributed by atoms with Gasteiger partial charge in [0.2, 0.25) is 0 Å². The van der Waals surface area contributed by atoms with Crippen LogP contribution in [0.2, 0.25) is 0 Å². The molecule has 0 aromatic carbocycles. The summed E-state index contributed by atoms with van der Waals surface area (Å²) in [6, 6.07) is 0. The highest BCUT2D eigenvalue weighted by Gasteiger charge is 2.59. The molecule has 1 saturated heterocycles. The molecular formula is C46H78O7. The molecule has 0 amide bonds. The van der Waals surface area contributed by atoms with E-state index in [1.54, 1.807) is 0 Å². The maximum Gasteiger partial charge on any atom is 0.305 e. The van der Waals surface area contributed by atoms with Gasteiger partial charge in [-0.2, -0.15) is 0 Å². The Morgan fingerprint density at radius 2 is 1.57 bits per heavy atom. The summed E-state index contributed by atoms with van der Waals surface area (Å²) in [7, 11) is 0. The standard InChI is InChI=1S/C46H78O7/c1-8-9-10-11-12-13-14-15-16-17-40(47)51-29-39-41(48)42(49)43(50)44(53-39)52-34-24-26-45(6)33(28-34)20-21-35-37-23-22-36(46(37,7)27-25-38(35)45)32(5)19-18-31(4)30(2)3/h18-20,30-32,34-39,41-44,48-50H,8-17,21-29H2,1-7H3/b19-18+. The first kappa shape index (κ1) is 42.9. The van der Waals surface area contributed by atoms with E-state index >= 15 is 0 Å². The van der Waals surface area contributed by atoms with E-state index in [-0.39, 0.29) is 24.1 Å². The Labute approximate surface area is 323 Å². The number of rotatable bonds is 18. The number of fused-ring (bicyclic) bond motifs is 5. The molecule has 304 valence electrons. The quantitative estimate of drug-likeness (QED) is 0.0730. The van der Waals surface area contributed by atoms with Gasteiger partial charge in [0, 0.05) is 6.42 Å². The van der Waals surface area contributed by atoms with Crippen molar-refractivity contribution >= 4 is 5.97 Å². The molecule has 0 bridgehead atoms. The number of allylic oxidation sites excluding steroid dienone is 3. The number of esters is 1. The van der Waals surface area contributed by atoms with Crippen LogP contribution in [0.1, 0.15) is 164 Å².